The number of aromatic nitrogens is 1. The number of aliphatic carboxylic acids is 1. The molecular formula is C28H29N3O3. The van der Waals surface area contributed by atoms with E-state index in [9.17, 15) is 14.7 Å². The van der Waals surface area contributed by atoms with Crippen molar-refractivity contribution in [3.8, 4) is 0 Å². The van der Waals surface area contributed by atoms with E-state index < -0.39 is 12.0 Å². The summed E-state index contributed by atoms with van der Waals surface area (Å²) in [5, 5.41) is 15.9. The summed E-state index contributed by atoms with van der Waals surface area (Å²) in [5.74, 6) is -1.25. The molecule has 6 nitrogen and oxygen atoms in total. The summed E-state index contributed by atoms with van der Waals surface area (Å²) >= 11 is 0. The number of amides is 1. The van der Waals surface area contributed by atoms with E-state index in [1.165, 1.54) is 16.3 Å². The first-order valence-corrected chi connectivity index (χ1v) is 11.9. The minimum Gasteiger partial charge on any atom is -0.480 e. The van der Waals surface area contributed by atoms with Crippen LogP contribution < -0.4 is 5.32 Å². The van der Waals surface area contributed by atoms with Crippen LogP contribution in [0.2, 0.25) is 0 Å². The summed E-state index contributed by atoms with van der Waals surface area (Å²) in [7, 11) is 0. The maximum Gasteiger partial charge on any atom is 0.326 e. The molecule has 1 atom stereocenters. The minimum atomic E-state index is -1.02. The maximum absolute atomic E-state index is 12.8. The van der Waals surface area contributed by atoms with Crippen LogP contribution in [0.25, 0.3) is 21.7 Å². The molecule has 0 saturated heterocycles. The number of para-hydroxylation sites is 1. The maximum atomic E-state index is 12.8. The lowest BCUT2D eigenvalue weighted by Crippen LogP contribution is -2.43. The van der Waals surface area contributed by atoms with E-state index in [0.29, 0.717) is 12.6 Å². The molecule has 174 valence electrons. The Hall–Kier alpha value is -3.64. The van der Waals surface area contributed by atoms with Gasteiger partial charge in [-0.2, -0.15) is 0 Å². The van der Waals surface area contributed by atoms with Gasteiger partial charge in [0.1, 0.15) is 6.04 Å². The van der Waals surface area contributed by atoms with Gasteiger partial charge in [-0.1, -0.05) is 60.7 Å². The lowest BCUT2D eigenvalue weighted by atomic mass is 10.0. The Morgan fingerprint density at radius 3 is 2.50 bits per heavy atom. The molecule has 5 rings (SSSR count). The van der Waals surface area contributed by atoms with E-state index in [2.05, 4.69) is 51.6 Å². The molecule has 1 aromatic heterocycles. The number of hydrogen-bond donors (Lipinski definition) is 3. The second-order valence-electron chi connectivity index (χ2n) is 9.11. The Balaban J connectivity index is 1.22. The van der Waals surface area contributed by atoms with Crippen LogP contribution >= 0.6 is 0 Å². The fraction of sp³-hybridized carbons (Fsp3) is 0.286. The van der Waals surface area contributed by atoms with Crippen LogP contribution in [0.15, 0.2) is 72.9 Å². The number of carbonyl (C=O) groups excluding carboxylic acids is 1. The molecule has 34 heavy (non-hydrogen) atoms. The van der Waals surface area contributed by atoms with Crippen molar-refractivity contribution < 1.29 is 14.7 Å². The number of carboxylic acids is 1. The highest BCUT2D eigenvalue weighted by Crippen LogP contribution is 2.30. The number of carboxylic acid groups (broad SMARTS) is 1. The van der Waals surface area contributed by atoms with E-state index in [1.54, 1.807) is 0 Å². The fourth-order valence-corrected chi connectivity index (χ4v) is 4.71. The van der Waals surface area contributed by atoms with Crippen molar-refractivity contribution in [3.05, 3.63) is 84.1 Å². The van der Waals surface area contributed by atoms with E-state index >= 15 is 0 Å². The Morgan fingerprint density at radius 2 is 1.71 bits per heavy atom. The first-order chi connectivity index (χ1) is 16.6. The molecule has 1 amide bonds. The summed E-state index contributed by atoms with van der Waals surface area (Å²) in [6, 6.07) is 22.0. The largest absolute Gasteiger partial charge is 0.480 e. The predicted octanol–water partition coefficient (Wildman–Crippen LogP) is 4.49. The summed E-state index contributed by atoms with van der Waals surface area (Å²) < 4.78 is 0. The molecule has 0 bridgehead atoms. The van der Waals surface area contributed by atoms with E-state index in [4.69, 9.17) is 0 Å². The highest BCUT2D eigenvalue weighted by atomic mass is 16.4. The van der Waals surface area contributed by atoms with Crippen molar-refractivity contribution in [2.45, 2.75) is 44.3 Å². The average molecular weight is 456 g/mol. The van der Waals surface area contributed by atoms with Gasteiger partial charge in [0.2, 0.25) is 5.91 Å². The Labute approximate surface area is 198 Å². The number of H-pyrrole nitrogens is 1. The highest BCUT2D eigenvalue weighted by Gasteiger charge is 2.30. The third-order valence-corrected chi connectivity index (χ3v) is 6.67. The molecule has 4 aromatic rings. The van der Waals surface area contributed by atoms with Crippen molar-refractivity contribution in [1.29, 1.82) is 0 Å². The molecule has 3 aromatic carbocycles. The zero-order valence-electron chi connectivity index (χ0n) is 19.0. The fourth-order valence-electron chi connectivity index (χ4n) is 4.71. The van der Waals surface area contributed by atoms with Crippen molar-refractivity contribution in [2.24, 2.45) is 0 Å². The molecule has 1 aliphatic rings. The first kappa shape index (κ1) is 22.2. The van der Waals surface area contributed by atoms with Crippen LogP contribution in [0.5, 0.6) is 0 Å². The van der Waals surface area contributed by atoms with E-state index in [0.717, 1.165) is 35.9 Å². The minimum absolute atomic E-state index is 0.226. The standard InChI is InChI=1S/C28H29N3O3/c32-27(30-26(28(33)34)16-21-17-29-25-11-4-3-10-24(21)25)14-15-31(22-12-13-22)18-20-8-5-7-19-6-1-2-9-23(19)20/h1-11,17,22,26,29H,12-16,18H2,(H,30,32)(H,33,34). The number of rotatable bonds is 10. The quantitative estimate of drug-likeness (QED) is 0.329. The van der Waals surface area contributed by atoms with Crippen molar-refractivity contribution in [2.75, 3.05) is 6.54 Å². The van der Waals surface area contributed by atoms with Crippen LogP contribution in [0.3, 0.4) is 0 Å². The summed E-state index contributed by atoms with van der Waals surface area (Å²) in [6.45, 7) is 1.40. The molecule has 0 radical (unpaired) electrons. The van der Waals surface area contributed by atoms with Crippen LogP contribution in [-0.2, 0) is 22.6 Å². The van der Waals surface area contributed by atoms with Gasteiger partial charge in [0.05, 0.1) is 0 Å². The Bertz CT molecular complexity index is 1320. The smallest absolute Gasteiger partial charge is 0.326 e. The van der Waals surface area contributed by atoms with Gasteiger partial charge in [-0.3, -0.25) is 9.69 Å². The molecule has 1 heterocycles. The topological polar surface area (TPSA) is 85.4 Å². The molecule has 1 aliphatic carbocycles. The van der Waals surface area contributed by atoms with E-state index in [1.807, 2.05) is 36.5 Å². The van der Waals surface area contributed by atoms with Gasteiger partial charge in [0.25, 0.3) is 0 Å². The van der Waals surface area contributed by atoms with Crippen LogP contribution in [0.1, 0.15) is 30.4 Å². The number of carbonyl (C=O) groups is 2. The van der Waals surface area contributed by atoms with Gasteiger partial charge in [0, 0.05) is 49.1 Å². The van der Waals surface area contributed by atoms with Crippen molar-refractivity contribution in [3.63, 3.8) is 0 Å². The monoisotopic (exact) mass is 455 g/mol. The molecule has 1 fully saturated rings. The highest BCUT2D eigenvalue weighted by molar-refractivity contribution is 5.87. The molecule has 1 unspecified atom stereocenters. The predicted molar refractivity (Wildman–Crippen MR) is 134 cm³/mol. The van der Waals surface area contributed by atoms with Gasteiger partial charge >= 0.3 is 5.97 Å². The van der Waals surface area contributed by atoms with Crippen molar-refractivity contribution >= 4 is 33.6 Å². The third kappa shape index (κ3) is 4.97. The zero-order valence-corrected chi connectivity index (χ0v) is 19.0. The third-order valence-electron chi connectivity index (χ3n) is 6.67. The SMILES string of the molecule is O=C(CCN(Cc1cccc2ccccc12)C1CC1)NC(Cc1c[nH]c2ccccc12)C(=O)O. The normalized spacial score (nSPS) is 14.5. The number of nitrogens with one attached hydrogen (secondary N) is 2. The van der Waals surface area contributed by atoms with E-state index in [-0.39, 0.29) is 18.7 Å². The van der Waals surface area contributed by atoms with Gasteiger partial charge < -0.3 is 15.4 Å². The lowest BCUT2D eigenvalue weighted by molar-refractivity contribution is -0.141. The number of benzene rings is 3. The molecule has 3 N–H and O–H groups in total. The van der Waals surface area contributed by atoms with Crippen LogP contribution in [0, 0.1) is 0 Å². The second kappa shape index (κ2) is 9.69. The molecule has 1 saturated carbocycles. The van der Waals surface area contributed by atoms with Crippen molar-refractivity contribution in [1.82, 2.24) is 15.2 Å². The van der Waals surface area contributed by atoms with Gasteiger partial charge in [-0.25, -0.2) is 4.79 Å². The number of nitrogens with zero attached hydrogens (tertiary/aromatic N) is 1. The van der Waals surface area contributed by atoms with Gasteiger partial charge in [0.15, 0.2) is 0 Å². The van der Waals surface area contributed by atoms with Crippen LogP contribution in [-0.4, -0.2) is 45.5 Å². The van der Waals surface area contributed by atoms with Crippen LogP contribution in [0.4, 0.5) is 0 Å². The zero-order chi connectivity index (χ0) is 23.5. The number of fused-ring (bicyclic) bond motifs is 2. The Morgan fingerprint density at radius 1 is 0.971 bits per heavy atom. The summed E-state index contributed by atoms with van der Waals surface area (Å²) in [4.78, 5) is 30.2. The average Bonchev–Trinajstić information content (AvgIpc) is 3.62. The first-order valence-electron chi connectivity index (χ1n) is 11.9. The summed E-state index contributed by atoms with van der Waals surface area (Å²) in [6.07, 6.45) is 4.63. The number of aromatic amines is 1. The Kier molecular flexibility index (Phi) is 6.32. The van der Waals surface area contributed by atoms with Gasteiger partial charge in [-0.05, 0) is 40.8 Å². The van der Waals surface area contributed by atoms with Gasteiger partial charge in [-0.15, -0.1) is 0 Å². The molecule has 6 heteroatoms. The number of hydrogen-bond acceptors (Lipinski definition) is 3. The summed E-state index contributed by atoms with van der Waals surface area (Å²) in [5.41, 5.74) is 3.11. The molecule has 0 spiro atoms. The molecule has 0 aliphatic heterocycles. The molecular weight excluding hydrogens is 426 g/mol. The lowest BCUT2D eigenvalue weighted by Gasteiger charge is -2.23. The second-order valence-corrected chi connectivity index (χ2v) is 9.11.